The number of likely N-dealkylation sites (tertiary alicyclic amines) is 1. The van der Waals surface area contributed by atoms with Crippen LogP contribution in [0, 0.1) is 5.82 Å². The molecule has 1 aromatic carbocycles. The standard InChI is InChI=1S/C22H29FN4O2S/c1-15(27-10-5-16(6-11-27)17-3-2-4-18(23)13-17)25-19-7-12-30(29)20(19)21(24)26-22(14-28)8-9-22/h2-4,13,16,28H,5-12,14H2,1H3,(H2,24,26). The van der Waals surface area contributed by atoms with E-state index in [4.69, 9.17) is 10.7 Å². The van der Waals surface area contributed by atoms with E-state index in [1.165, 1.54) is 6.07 Å². The fraction of sp³-hybridized carbons (Fsp3) is 0.545. The van der Waals surface area contributed by atoms with E-state index in [0.29, 0.717) is 23.0 Å². The minimum absolute atomic E-state index is 0.0362. The van der Waals surface area contributed by atoms with Crippen molar-refractivity contribution in [2.45, 2.75) is 50.5 Å². The van der Waals surface area contributed by atoms with E-state index in [1.54, 1.807) is 12.1 Å². The molecule has 4 rings (SSSR count). The van der Waals surface area contributed by atoms with Gasteiger partial charge in [-0.05, 0) is 56.2 Å². The lowest BCUT2D eigenvalue weighted by atomic mass is 9.89. The highest BCUT2D eigenvalue weighted by molar-refractivity contribution is 7.90. The second kappa shape index (κ2) is 8.59. The Morgan fingerprint density at radius 3 is 2.73 bits per heavy atom. The van der Waals surface area contributed by atoms with E-state index in [1.807, 2.05) is 13.0 Å². The summed E-state index contributed by atoms with van der Waals surface area (Å²) < 4.78 is 26.0. The molecule has 1 atom stereocenters. The van der Waals surface area contributed by atoms with Gasteiger partial charge in [0.25, 0.3) is 0 Å². The van der Waals surface area contributed by atoms with E-state index >= 15 is 0 Å². The molecule has 1 aromatic rings. The van der Waals surface area contributed by atoms with Crippen molar-refractivity contribution in [3.05, 3.63) is 46.2 Å². The van der Waals surface area contributed by atoms with Crippen molar-refractivity contribution >= 4 is 22.5 Å². The number of rotatable bonds is 5. The minimum Gasteiger partial charge on any atom is -0.394 e. The van der Waals surface area contributed by atoms with Crippen LogP contribution in [0.15, 0.2) is 44.9 Å². The zero-order valence-electron chi connectivity index (χ0n) is 17.3. The summed E-state index contributed by atoms with van der Waals surface area (Å²) in [6, 6.07) is 6.88. The van der Waals surface area contributed by atoms with Crippen LogP contribution < -0.4 is 5.73 Å². The number of halogens is 1. The van der Waals surface area contributed by atoms with Gasteiger partial charge in [0.1, 0.15) is 22.4 Å². The summed E-state index contributed by atoms with van der Waals surface area (Å²) in [6.07, 6.45) is 4.11. The fourth-order valence-corrected chi connectivity index (χ4v) is 5.50. The van der Waals surface area contributed by atoms with Crippen LogP contribution in [0.5, 0.6) is 0 Å². The number of nitrogens with two attached hydrogens (primary N) is 1. The highest BCUT2D eigenvalue weighted by atomic mass is 32.2. The number of aliphatic hydroxyl groups excluding tert-OH is 1. The Morgan fingerprint density at radius 2 is 2.10 bits per heavy atom. The van der Waals surface area contributed by atoms with E-state index < -0.39 is 16.3 Å². The van der Waals surface area contributed by atoms with Crippen molar-refractivity contribution in [1.29, 1.82) is 0 Å². The number of aliphatic imine (C=N–C) groups is 2. The normalized spacial score (nSPS) is 25.2. The lowest BCUT2D eigenvalue weighted by molar-refractivity contribution is 0.258. The third-order valence-corrected chi connectivity index (χ3v) is 7.77. The zero-order chi connectivity index (χ0) is 21.3. The summed E-state index contributed by atoms with van der Waals surface area (Å²) in [5.41, 5.74) is 7.51. The van der Waals surface area contributed by atoms with Crippen molar-refractivity contribution in [3.63, 3.8) is 0 Å². The minimum atomic E-state index is -1.20. The number of hydrogen-bond acceptors (Lipinski definition) is 4. The highest BCUT2D eigenvalue weighted by Crippen LogP contribution is 2.40. The molecular weight excluding hydrogens is 403 g/mol. The number of hydrogen-bond donors (Lipinski definition) is 2. The van der Waals surface area contributed by atoms with Gasteiger partial charge in [-0.1, -0.05) is 12.1 Å². The number of amidine groups is 2. The Balaban J connectivity index is 1.47. The summed E-state index contributed by atoms with van der Waals surface area (Å²) in [7, 11) is -1.20. The van der Waals surface area contributed by atoms with Gasteiger partial charge in [0, 0.05) is 25.3 Å². The molecule has 2 fully saturated rings. The average molecular weight is 433 g/mol. The fourth-order valence-electron chi connectivity index (χ4n) is 4.23. The number of benzene rings is 1. The first-order valence-electron chi connectivity index (χ1n) is 10.5. The largest absolute Gasteiger partial charge is 0.394 e. The van der Waals surface area contributed by atoms with Gasteiger partial charge in [0.15, 0.2) is 0 Å². The number of piperidine rings is 1. The Labute approximate surface area is 179 Å². The van der Waals surface area contributed by atoms with Crippen molar-refractivity contribution in [3.8, 4) is 0 Å². The molecule has 2 aliphatic heterocycles. The summed E-state index contributed by atoms with van der Waals surface area (Å²) in [5, 5.41) is 9.50. The molecule has 6 nitrogen and oxygen atoms in total. The Kier molecular flexibility index (Phi) is 6.06. The van der Waals surface area contributed by atoms with Gasteiger partial charge < -0.3 is 15.7 Å². The summed E-state index contributed by atoms with van der Waals surface area (Å²) in [5.74, 6) is 1.82. The Morgan fingerprint density at radius 1 is 1.37 bits per heavy atom. The first-order valence-corrected chi connectivity index (χ1v) is 11.9. The molecule has 0 bridgehead atoms. The van der Waals surface area contributed by atoms with Crippen LogP contribution in [0.4, 0.5) is 4.39 Å². The van der Waals surface area contributed by atoms with Gasteiger partial charge in [-0.2, -0.15) is 0 Å². The first kappa shape index (κ1) is 21.2. The second-order valence-corrected chi connectivity index (χ2v) is 9.94. The van der Waals surface area contributed by atoms with Crippen LogP contribution in [-0.4, -0.2) is 56.9 Å². The molecule has 30 heavy (non-hydrogen) atoms. The van der Waals surface area contributed by atoms with Crippen molar-refractivity contribution < 1.29 is 13.7 Å². The van der Waals surface area contributed by atoms with E-state index in [2.05, 4.69) is 9.89 Å². The van der Waals surface area contributed by atoms with Gasteiger partial charge in [-0.15, -0.1) is 0 Å². The molecule has 1 aliphatic carbocycles. The monoisotopic (exact) mass is 432 g/mol. The lowest BCUT2D eigenvalue weighted by Gasteiger charge is -2.33. The van der Waals surface area contributed by atoms with Gasteiger partial charge >= 0.3 is 0 Å². The molecular formula is C22H29FN4O2S. The van der Waals surface area contributed by atoms with Gasteiger partial charge in [0.2, 0.25) is 0 Å². The third kappa shape index (κ3) is 4.49. The second-order valence-electron chi connectivity index (χ2n) is 8.43. The summed E-state index contributed by atoms with van der Waals surface area (Å²) >= 11 is 0. The summed E-state index contributed by atoms with van der Waals surface area (Å²) in [4.78, 5) is 12.0. The number of allylic oxidation sites excluding steroid dienone is 1. The molecule has 2 heterocycles. The maximum atomic E-state index is 13.5. The van der Waals surface area contributed by atoms with E-state index in [-0.39, 0.29) is 18.3 Å². The van der Waals surface area contributed by atoms with Gasteiger partial charge in [-0.25, -0.2) is 9.38 Å². The molecule has 1 saturated carbocycles. The maximum absolute atomic E-state index is 13.5. The van der Waals surface area contributed by atoms with Crippen LogP contribution in [0.25, 0.3) is 0 Å². The maximum Gasteiger partial charge on any atom is 0.137 e. The first-order chi connectivity index (χ1) is 14.4. The summed E-state index contributed by atoms with van der Waals surface area (Å²) in [6.45, 7) is 3.63. The van der Waals surface area contributed by atoms with Crippen LogP contribution in [-0.2, 0) is 10.8 Å². The molecule has 0 spiro atoms. The molecule has 0 radical (unpaired) electrons. The Bertz CT molecular complexity index is 931. The number of aliphatic hydroxyl groups is 1. The van der Waals surface area contributed by atoms with E-state index in [9.17, 15) is 13.7 Å². The third-order valence-electron chi connectivity index (χ3n) is 6.30. The molecule has 3 aliphatic rings. The smallest absolute Gasteiger partial charge is 0.137 e. The van der Waals surface area contributed by atoms with Crippen LogP contribution in [0.3, 0.4) is 0 Å². The topological polar surface area (TPSA) is 91.3 Å². The zero-order valence-corrected chi connectivity index (χ0v) is 18.1. The van der Waals surface area contributed by atoms with Crippen molar-refractivity contribution in [2.24, 2.45) is 15.7 Å². The van der Waals surface area contributed by atoms with Crippen LogP contribution in [0.2, 0.25) is 0 Å². The van der Waals surface area contributed by atoms with Crippen LogP contribution in [0.1, 0.15) is 50.5 Å². The lowest BCUT2D eigenvalue weighted by Crippen LogP contribution is -2.36. The number of nitrogens with zero attached hydrogens (tertiary/aromatic N) is 3. The van der Waals surface area contributed by atoms with Crippen LogP contribution >= 0.6 is 0 Å². The van der Waals surface area contributed by atoms with Gasteiger partial charge in [0.05, 0.1) is 28.6 Å². The SMILES string of the molecule is CC(=NC1=C(C(N)=NC2(CO)CC2)S(=O)CC1)N1CCC(c2cccc(F)c2)CC1. The van der Waals surface area contributed by atoms with Gasteiger partial charge in [-0.3, -0.25) is 9.20 Å². The Hall–Kier alpha value is -2.06. The predicted molar refractivity (Wildman–Crippen MR) is 118 cm³/mol. The van der Waals surface area contributed by atoms with Crippen molar-refractivity contribution in [1.82, 2.24) is 4.90 Å². The molecule has 1 saturated heterocycles. The molecule has 162 valence electrons. The molecule has 3 N–H and O–H groups in total. The predicted octanol–water partition coefficient (Wildman–Crippen LogP) is 2.67. The molecule has 8 heteroatoms. The van der Waals surface area contributed by atoms with Crippen molar-refractivity contribution in [2.75, 3.05) is 25.4 Å². The molecule has 0 aromatic heterocycles. The highest BCUT2D eigenvalue weighted by Gasteiger charge is 2.43. The van der Waals surface area contributed by atoms with E-state index in [0.717, 1.165) is 55.9 Å². The molecule has 0 amide bonds. The quantitative estimate of drug-likeness (QED) is 0.553. The average Bonchev–Trinajstić information content (AvgIpc) is 3.42. The molecule has 1 unspecified atom stereocenters.